The van der Waals surface area contributed by atoms with E-state index in [4.69, 9.17) is 4.74 Å². The second-order valence-corrected chi connectivity index (χ2v) is 7.18. The van der Waals surface area contributed by atoms with E-state index in [9.17, 15) is 5.11 Å². The van der Waals surface area contributed by atoms with Crippen molar-refractivity contribution in [2.45, 2.75) is 72.1 Å². The molecular formula is C19H32NO2+. The Hall–Kier alpha value is -1.06. The average Bonchev–Trinajstić information content (AvgIpc) is 2.45. The van der Waals surface area contributed by atoms with Gasteiger partial charge in [-0.3, -0.25) is 0 Å². The lowest BCUT2D eigenvalue weighted by atomic mass is 9.97. The molecule has 1 aliphatic heterocycles. The number of rotatable bonds is 5. The fourth-order valence-corrected chi connectivity index (χ4v) is 3.66. The summed E-state index contributed by atoms with van der Waals surface area (Å²) in [6.45, 7) is 12.0. The van der Waals surface area contributed by atoms with Gasteiger partial charge < -0.3 is 14.7 Å². The predicted octanol–water partition coefficient (Wildman–Crippen LogP) is 2.20. The molecule has 3 heteroatoms. The van der Waals surface area contributed by atoms with Crippen LogP contribution in [-0.4, -0.2) is 36.4 Å². The molecule has 0 aromatic heterocycles. The minimum absolute atomic E-state index is 0.382. The first-order chi connectivity index (χ1) is 10.4. The molecule has 3 nitrogen and oxygen atoms in total. The number of benzene rings is 1. The highest BCUT2D eigenvalue weighted by atomic mass is 16.5. The van der Waals surface area contributed by atoms with Crippen LogP contribution in [0.5, 0.6) is 5.75 Å². The average molecular weight is 306 g/mol. The largest absolute Gasteiger partial charge is 0.490 e. The lowest BCUT2D eigenvalue weighted by Crippen LogP contribution is -3.20. The van der Waals surface area contributed by atoms with Crippen molar-refractivity contribution < 1.29 is 14.7 Å². The molecule has 1 fully saturated rings. The Balaban J connectivity index is 1.91. The second kappa shape index (κ2) is 7.47. The Morgan fingerprint density at radius 3 is 2.45 bits per heavy atom. The van der Waals surface area contributed by atoms with Crippen LogP contribution in [0.2, 0.25) is 0 Å². The third-order valence-corrected chi connectivity index (χ3v) is 5.21. The molecule has 0 aliphatic carbocycles. The molecule has 0 saturated carbocycles. The number of likely N-dealkylation sites (tertiary alicyclic amines) is 1. The van der Waals surface area contributed by atoms with E-state index in [1.807, 2.05) is 0 Å². The summed E-state index contributed by atoms with van der Waals surface area (Å²) < 4.78 is 5.91. The van der Waals surface area contributed by atoms with Crippen molar-refractivity contribution in [3.63, 3.8) is 0 Å². The van der Waals surface area contributed by atoms with Gasteiger partial charge in [0.2, 0.25) is 0 Å². The maximum atomic E-state index is 10.4. The highest BCUT2D eigenvalue weighted by Gasteiger charge is 2.30. The topological polar surface area (TPSA) is 33.9 Å². The summed E-state index contributed by atoms with van der Waals surface area (Å²) in [6, 6.07) is 5.51. The van der Waals surface area contributed by atoms with Gasteiger partial charge in [0, 0.05) is 0 Å². The molecule has 1 heterocycles. The minimum atomic E-state index is -0.404. The third-order valence-electron chi connectivity index (χ3n) is 5.21. The Labute approximate surface area is 135 Å². The van der Waals surface area contributed by atoms with E-state index in [1.165, 1.54) is 40.9 Å². The summed E-state index contributed by atoms with van der Waals surface area (Å²) >= 11 is 0. The van der Waals surface area contributed by atoms with Crippen LogP contribution in [0.15, 0.2) is 12.1 Å². The predicted molar refractivity (Wildman–Crippen MR) is 90.8 cm³/mol. The molecule has 0 radical (unpaired) electrons. The summed E-state index contributed by atoms with van der Waals surface area (Å²) in [5.74, 6) is 0.909. The number of piperidine rings is 1. The van der Waals surface area contributed by atoms with Gasteiger partial charge in [-0.15, -0.1) is 0 Å². The number of hydrogen-bond donors (Lipinski definition) is 2. The molecule has 2 N–H and O–H groups in total. The van der Waals surface area contributed by atoms with Gasteiger partial charge in [0.05, 0.1) is 12.1 Å². The minimum Gasteiger partial charge on any atom is -0.490 e. The maximum Gasteiger partial charge on any atom is 0.137 e. The highest BCUT2D eigenvalue weighted by molar-refractivity contribution is 5.41. The van der Waals surface area contributed by atoms with E-state index in [1.54, 1.807) is 0 Å². The van der Waals surface area contributed by atoms with Crippen molar-refractivity contribution in [2.24, 2.45) is 0 Å². The van der Waals surface area contributed by atoms with Crippen molar-refractivity contribution in [3.05, 3.63) is 28.8 Å². The summed E-state index contributed by atoms with van der Waals surface area (Å²) in [4.78, 5) is 1.53. The number of nitrogens with one attached hydrogen (secondary N) is 1. The molecule has 1 saturated heterocycles. The monoisotopic (exact) mass is 306 g/mol. The molecular weight excluding hydrogens is 274 g/mol. The molecule has 0 unspecified atom stereocenters. The van der Waals surface area contributed by atoms with E-state index in [-0.39, 0.29) is 0 Å². The van der Waals surface area contributed by atoms with Crippen LogP contribution in [-0.2, 0) is 0 Å². The molecule has 0 bridgehead atoms. The van der Waals surface area contributed by atoms with E-state index in [0.29, 0.717) is 18.7 Å². The fraction of sp³-hybridized carbons (Fsp3) is 0.684. The Morgan fingerprint density at radius 1 is 1.18 bits per heavy atom. The molecule has 3 atom stereocenters. The molecule has 1 aliphatic rings. The van der Waals surface area contributed by atoms with Gasteiger partial charge in [0.25, 0.3) is 0 Å². The first kappa shape index (κ1) is 17.3. The quantitative estimate of drug-likeness (QED) is 0.874. The Morgan fingerprint density at radius 2 is 1.82 bits per heavy atom. The second-order valence-electron chi connectivity index (χ2n) is 7.18. The maximum absolute atomic E-state index is 10.4. The van der Waals surface area contributed by atoms with Crippen LogP contribution in [0, 0.1) is 20.8 Å². The Kier molecular flexibility index (Phi) is 5.87. The van der Waals surface area contributed by atoms with Crippen molar-refractivity contribution in [3.8, 4) is 5.75 Å². The normalized spacial score (nSPS) is 24.3. The number of aliphatic hydroxyl groups excluding tert-OH is 1. The number of hydrogen-bond acceptors (Lipinski definition) is 2. The van der Waals surface area contributed by atoms with Gasteiger partial charge >= 0.3 is 0 Å². The van der Waals surface area contributed by atoms with Crippen LogP contribution in [0.4, 0.5) is 0 Å². The number of aliphatic hydroxyl groups is 1. The lowest BCUT2D eigenvalue weighted by molar-refractivity contribution is -0.954. The fourth-order valence-electron chi connectivity index (χ4n) is 3.66. The van der Waals surface area contributed by atoms with Gasteiger partial charge in [-0.05, 0) is 76.6 Å². The van der Waals surface area contributed by atoms with Crippen LogP contribution in [0.1, 0.15) is 49.8 Å². The van der Waals surface area contributed by atoms with E-state index >= 15 is 0 Å². The molecule has 1 aromatic carbocycles. The number of ether oxygens (including phenoxy) is 1. The standard InChI is InChI=1S/C19H31NO2/c1-13-9-14(2)17(5)19(10-13)22-12-18(21)11-20-15(3)7-6-8-16(20)4/h9-10,15-16,18,21H,6-8,11-12H2,1-5H3/p+1/t15-,16-,18-/m0/s1. The zero-order valence-electron chi connectivity index (χ0n) is 14.8. The third kappa shape index (κ3) is 4.23. The van der Waals surface area contributed by atoms with Gasteiger partial charge in [-0.1, -0.05) is 6.07 Å². The Bertz CT molecular complexity index is 490. The summed E-state index contributed by atoms with van der Waals surface area (Å²) in [5.41, 5.74) is 3.62. The number of aryl methyl sites for hydroxylation is 2. The van der Waals surface area contributed by atoms with E-state index in [0.717, 1.165) is 12.3 Å². The van der Waals surface area contributed by atoms with Crippen molar-refractivity contribution in [2.75, 3.05) is 13.2 Å². The number of quaternary nitrogens is 1. The first-order valence-corrected chi connectivity index (χ1v) is 8.62. The van der Waals surface area contributed by atoms with Gasteiger partial charge in [-0.25, -0.2) is 0 Å². The molecule has 2 rings (SSSR count). The van der Waals surface area contributed by atoms with Crippen molar-refractivity contribution >= 4 is 0 Å². The first-order valence-electron chi connectivity index (χ1n) is 8.62. The zero-order valence-corrected chi connectivity index (χ0v) is 14.8. The SMILES string of the molecule is Cc1cc(C)c(C)c(OC[C@@H](O)C[NH+]2[C@@H](C)CCC[C@@H]2C)c1. The summed E-state index contributed by atoms with van der Waals surface area (Å²) in [5, 5.41) is 10.4. The molecule has 0 amide bonds. The van der Waals surface area contributed by atoms with Crippen molar-refractivity contribution in [1.82, 2.24) is 0 Å². The molecule has 124 valence electrons. The van der Waals surface area contributed by atoms with Crippen LogP contribution >= 0.6 is 0 Å². The molecule has 1 aromatic rings. The smallest absolute Gasteiger partial charge is 0.137 e. The van der Waals surface area contributed by atoms with Gasteiger partial charge in [0.1, 0.15) is 25.0 Å². The van der Waals surface area contributed by atoms with Gasteiger partial charge in [-0.2, -0.15) is 0 Å². The molecule has 0 spiro atoms. The van der Waals surface area contributed by atoms with Crippen LogP contribution in [0.3, 0.4) is 0 Å². The van der Waals surface area contributed by atoms with Crippen molar-refractivity contribution in [1.29, 1.82) is 0 Å². The summed E-state index contributed by atoms with van der Waals surface area (Å²) in [6.07, 6.45) is 3.45. The van der Waals surface area contributed by atoms with Crippen LogP contribution in [0.25, 0.3) is 0 Å². The highest BCUT2D eigenvalue weighted by Crippen LogP contribution is 2.23. The van der Waals surface area contributed by atoms with E-state index < -0.39 is 6.10 Å². The van der Waals surface area contributed by atoms with Gasteiger partial charge in [0.15, 0.2) is 0 Å². The van der Waals surface area contributed by atoms with Crippen LogP contribution < -0.4 is 9.64 Å². The van der Waals surface area contributed by atoms with E-state index in [2.05, 4.69) is 46.8 Å². The lowest BCUT2D eigenvalue weighted by Gasteiger charge is -2.36. The molecule has 22 heavy (non-hydrogen) atoms. The zero-order chi connectivity index (χ0) is 16.3. The summed E-state index contributed by atoms with van der Waals surface area (Å²) in [7, 11) is 0.